The molecule has 4 aromatic rings. The van der Waals surface area contributed by atoms with E-state index in [1.807, 2.05) is 44.3 Å². The number of aryl methyl sites for hydroxylation is 3. The zero-order valence-electron chi connectivity index (χ0n) is 17.9. The average molecular weight is 415 g/mol. The van der Waals surface area contributed by atoms with E-state index in [2.05, 4.69) is 35.5 Å². The number of benzene rings is 2. The summed E-state index contributed by atoms with van der Waals surface area (Å²) in [7, 11) is 0. The molecular weight excluding hydrogens is 390 g/mol. The van der Waals surface area contributed by atoms with Crippen LogP contribution in [0.25, 0.3) is 0 Å². The lowest BCUT2D eigenvalue weighted by Crippen LogP contribution is -2.12. The first-order chi connectivity index (χ1) is 15.0. The summed E-state index contributed by atoms with van der Waals surface area (Å²) in [6.07, 6.45) is 1.84. The van der Waals surface area contributed by atoms with Gasteiger partial charge in [0.15, 0.2) is 11.6 Å². The Bertz CT molecular complexity index is 1210. The third-order valence-corrected chi connectivity index (χ3v) is 4.91. The van der Waals surface area contributed by atoms with Gasteiger partial charge in [0.25, 0.3) is 5.91 Å². The lowest BCUT2D eigenvalue weighted by molar-refractivity contribution is 0.0992. The first-order valence-corrected chi connectivity index (χ1v) is 10.2. The zero-order chi connectivity index (χ0) is 21.8. The summed E-state index contributed by atoms with van der Waals surface area (Å²) in [5, 5.41) is 7.19. The van der Waals surface area contributed by atoms with Gasteiger partial charge in [0.2, 0.25) is 0 Å². The van der Waals surface area contributed by atoms with Crippen LogP contribution in [0.4, 0.5) is 5.82 Å². The molecule has 0 saturated heterocycles. The second kappa shape index (κ2) is 8.92. The molecule has 31 heavy (non-hydrogen) atoms. The van der Waals surface area contributed by atoms with E-state index in [1.54, 1.807) is 22.9 Å². The number of carbonyl (C=O) groups excluding carboxylic acids is 1. The summed E-state index contributed by atoms with van der Waals surface area (Å²) in [5.41, 5.74) is 4.53. The molecule has 0 aliphatic carbocycles. The largest absolute Gasteiger partial charge is 0.485 e. The monoisotopic (exact) mass is 415 g/mol. The molecule has 2 aromatic carbocycles. The van der Waals surface area contributed by atoms with Crippen LogP contribution in [0.5, 0.6) is 5.75 Å². The fourth-order valence-corrected chi connectivity index (χ4v) is 3.28. The van der Waals surface area contributed by atoms with Gasteiger partial charge in [-0.2, -0.15) is 5.10 Å². The highest BCUT2D eigenvalue weighted by atomic mass is 16.5. The number of hydrogen-bond acceptors (Lipinski definition) is 4. The van der Waals surface area contributed by atoms with Crippen LogP contribution < -0.4 is 10.1 Å². The summed E-state index contributed by atoms with van der Waals surface area (Å²) in [6.45, 7) is 6.96. The van der Waals surface area contributed by atoms with Gasteiger partial charge in [0, 0.05) is 12.3 Å². The first-order valence-electron chi connectivity index (χ1n) is 10.2. The number of nitrogens with one attached hydrogen (secondary N) is 1. The normalized spacial score (nSPS) is 10.8. The van der Waals surface area contributed by atoms with Crippen molar-refractivity contribution in [3.8, 4) is 5.75 Å². The van der Waals surface area contributed by atoms with Crippen LogP contribution in [-0.2, 0) is 13.2 Å². The van der Waals surface area contributed by atoms with E-state index < -0.39 is 0 Å². The van der Waals surface area contributed by atoms with Crippen molar-refractivity contribution in [2.75, 3.05) is 5.32 Å². The van der Waals surface area contributed by atoms with Gasteiger partial charge >= 0.3 is 0 Å². The number of hydrogen-bond donors (Lipinski definition) is 1. The van der Waals surface area contributed by atoms with Gasteiger partial charge in [-0.05, 0) is 55.7 Å². The van der Waals surface area contributed by atoms with Crippen LogP contribution in [0.2, 0.25) is 0 Å². The molecule has 4 rings (SSSR count). The number of anilines is 1. The third-order valence-electron chi connectivity index (χ3n) is 4.91. The van der Waals surface area contributed by atoms with Crippen molar-refractivity contribution in [3.63, 3.8) is 0 Å². The molecule has 0 unspecified atom stereocenters. The summed E-state index contributed by atoms with van der Waals surface area (Å²) >= 11 is 0. The molecule has 0 fully saturated rings. The van der Waals surface area contributed by atoms with Crippen molar-refractivity contribution < 1.29 is 13.9 Å². The molecule has 0 aliphatic rings. The van der Waals surface area contributed by atoms with Gasteiger partial charge in [0.05, 0.1) is 6.54 Å². The smallest absolute Gasteiger partial charge is 0.292 e. The van der Waals surface area contributed by atoms with Crippen LogP contribution in [-0.4, -0.2) is 15.7 Å². The SMILES string of the molecule is Cc1cccc(Cn2ccc(NC(=O)c3ccc(COc4cc(C)ccc4C)o3)n2)c1. The highest BCUT2D eigenvalue weighted by Gasteiger charge is 2.14. The van der Waals surface area contributed by atoms with Gasteiger partial charge in [-0.3, -0.25) is 9.48 Å². The molecular formula is C25H25N3O3. The third kappa shape index (κ3) is 5.22. The van der Waals surface area contributed by atoms with E-state index in [-0.39, 0.29) is 18.3 Å². The van der Waals surface area contributed by atoms with Gasteiger partial charge in [0.1, 0.15) is 18.1 Å². The van der Waals surface area contributed by atoms with E-state index in [9.17, 15) is 4.79 Å². The Balaban J connectivity index is 1.35. The summed E-state index contributed by atoms with van der Waals surface area (Å²) in [5.74, 6) is 1.73. The minimum atomic E-state index is -0.348. The molecule has 0 radical (unpaired) electrons. The Kier molecular flexibility index (Phi) is 5.89. The summed E-state index contributed by atoms with van der Waals surface area (Å²) in [6, 6.07) is 19.4. The Labute approximate surface area is 181 Å². The molecule has 2 heterocycles. The maximum atomic E-state index is 12.5. The first kappa shape index (κ1) is 20.5. The maximum Gasteiger partial charge on any atom is 0.292 e. The van der Waals surface area contributed by atoms with Gasteiger partial charge < -0.3 is 14.5 Å². The van der Waals surface area contributed by atoms with E-state index >= 15 is 0 Å². The highest BCUT2D eigenvalue weighted by molar-refractivity contribution is 6.01. The molecule has 6 nitrogen and oxygen atoms in total. The Morgan fingerprint density at radius 3 is 2.71 bits per heavy atom. The van der Waals surface area contributed by atoms with Crippen molar-refractivity contribution in [2.24, 2.45) is 0 Å². The minimum Gasteiger partial charge on any atom is -0.485 e. The average Bonchev–Trinajstić information content (AvgIpc) is 3.38. The molecule has 0 bridgehead atoms. The van der Waals surface area contributed by atoms with E-state index in [0.717, 1.165) is 22.4 Å². The van der Waals surface area contributed by atoms with Crippen LogP contribution in [0, 0.1) is 20.8 Å². The Morgan fingerprint density at radius 1 is 1.03 bits per heavy atom. The van der Waals surface area contributed by atoms with E-state index in [0.29, 0.717) is 18.1 Å². The number of aromatic nitrogens is 2. The fourth-order valence-electron chi connectivity index (χ4n) is 3.28. The Morgan fingerprint density at radius 2 is 1.87 bits per heavy atom. The van der Waals surface area contributed by atoms with Gasteiger partial charge in [-0.25, -0.2) is 0 Å². The quantitative estimate of drug-likeness (QED) is 0.446. The van der Waals surface area contributed by atoms with Crippen LogP contribution in [0.3, 0.4) is 0 Å². The lowest BCUT2D eigenvalue weighted by atomic mass is 10.1. The van der Waals surface area contributed by atoms with Crippen molar-refractivity contribution in [1.82, 2.24) is 9.78 Å². The predicted molar refractivity (Wildman–Crippen MR) is 119 cm³/mol. The van der Waals surface area contributed by atoms with E-state index in [4.69, 9.17) is 9.15 Å². The zero-order valence-corrected chi connectivity index (χ0v) is 17.9. The van der Waals surface area contributed by atoms with Crippen molar-refractivity contribution in [3.05, 3.63) is 101 Å². The van der Waals surface area contributed by atoms with Crippen LogP contribution in [0.15, 0.2) is 71.3 Å². The predicted octanol–water partition coefficient (Wildman–Crippen LogP) is 5.28. The highest BCUT2D eigenvalue weighted by Crippen LogP contribution is 2.21. The molecule has 0 atom stereocenters. The molecule has 0 aliphatic heterocycles. The van der Waals surface area contributed by atoms with Gasteiger partial charge in [-0.1, -0.05) is 42.0 Å². The second-order valence-corrected chi connectivity index (χ2v) is 7.67. The minimum absolute atomic E-state index is 0.216. The van der Waals surface area contributed by atoms with Gasteiger partial charge in [-0.15, -0.1) is 0 Å². The van der Waals surface area contributed by atoms with Crippen molar-refractivity contribution in [2.45, 2.75) is 33.9 Å². The Hall–Kier alpha value is -3.80. The topological polar surface area (TPSA) is 69.3 Å². The molecule has 0 spiro atoms. The van der Waals surface area contributed by atoms with Crippen LogP contribution >= 0.6 is 0 Å². The molecule has 1 amide bonds. The number of rotatable bonds is 7. The van der Waals surface area contributed by atoms with Crippen LogP contribution in [0.1, 0.15) is 38.6 Å². The number of amides is 1. The molecule has 6 heteroatoms. The van der Waals surface area contributed by atoms with Crippen molar-refractivity contribution >= 4 is 11.7 Å². The molecule has 2 aromatic heterocycles. The molecule has 158 valence electrons. The molecule has 0 saturated carbocycles. The number of ether oxygens (including phenoxy) is 1. The molecule has 1 N–H and O–H groups in total. The second-order valence-electron chi connectivity index (χ2n) is 7.67. The standard InChI is InChI=1S/C25H25N3O3/c1-17-5-4-6-20(13-17)15-28-12-11-24(27-28)26-25(29)22-10-9-21(31-22)16-30-23-14-18(2)7-8-19(23)3/h4-14H,15-16H2,1-3H3,(H,26,27,29). The maximum absolute atomic E-state index is 12.5. The lowest BCUT2D eigenvalue weighted by Gasteiger charge is -2.08. The fraction of sp³-hybridized carbons (Fsp3) is 0.200. The van der Waals surface area contributed by atoms with E-state index in [1.165, 1.54) is 5.56 Å². The number of nitrogens with zero attached hydrogens (tertiary/aromatic N) is 2. The summed E-state index contributed by atoms with van der Waals surface area (Å²) < 4.78 is 13.3. The summed E-state index contributed by atoms with van der Waals surface area (Å²) in [4.78, 5) is 12.5. The number of carbonyl (C=O) groups is 1. The number of furan rings is 1. The van der Waals surface area contributed by atoms with Crippen molar-refractivity contribution in [1.29, 1.82) is 0 Å².